The SMILES string of the molecule is CCOC(=O)C(C#N)Cc1cc(Br)cc2c1OCC2. The number of nitrogens with zero attached hydrogens (tertiary/aromatic N) is 1. The van der Waals surface area contributed by atoms with E-state index in [1.807, 2.05) is 18.2 Å². The molecule has 5 heteroatoms. The molecular weight excluding hydrogens is 310 g/mol. The zero-order valence-electron chi connectivity index (χ0n) is 10.6. The van der Waals surface area contributed by atoms with Gasteiger partial charge in [-0.3, -0.25) is 4.79 Å². The Hall–Kier alpha value is -1.54. The van der Waals surface area contributed by atoms with E-state index in [1.54, 1.807) is 6.92 Å². The quantitative estimate of drug-likeness (QED) is 0.799. The topological polar surface area (TPSA) is 59.3 Å². The molecule has 19 heavy (non-hydrogen) atoms. The second-order valence-electron chi connectivity index (χ2n) is 4.29. The van der Waals surface area contributed by atoms with Crippen molar-refractivity contribution in [3.63, 3.8) is 0 Å². The number of rotatable bonds is 4. The van der Waals surface area contributed by atoms with Crippen LogP contribution in [0.3, 0.4) is 0 Å². The Kier molecular flexibility index (Phi) is 4.43. The van der Waals surface area contributed by atoms with Gasteiger partial charge in [0, 0.05) is 17.3 Å². The normalized spacial score (nSPS) is 14.2. The minimum atomic E-state index is -0.789. The van der Waals surface area contributed by atoms with Gasteiger partial charge in [-0.25, -0.2) is 0 Å². The second-order valence-corrected chi connectivity index (χ2v) is 5.21. The molecule has 1 unspecified atom stereocenters. The van der Waals surface area contributed by atoms with Crippen molar-refractivity contribution in [2.75, 3.05) is 13.2 Å². The van der Waals surface area contributed by atoms with Gasteiger partial charge in [-0.15, -0.1) is 0 Å². The number of nitriles is 1. The van der Waals surface area contributed by atoms with E-state index in [0.29, 0.717) is 13.0 Å². The first kappa shape index (κ1) is 13.9. The first-order chi connectivity index (χ1) is 9.15. The third kappa shape index (κ3) is 3.07. The Balaban J connectivity index is 2.23. The van der Waals surface area contributed by atoms with Crippen molar-refractivity contribution in [2.45, 2.75) is 19.8 Å². The van der Waals surface area contributed by atoms with Crippen molar-refractivity contribution in [1.29, 1.82) is 5.26 Å². The third-order valence-electron chi connectivity index (χ3n) is 2.98. The molecule has 1 atom stereocenters. The fourth-order valence-corrected chi connectivity index (χ4v) is 2.69. The maximum absolute atomic E-state index is 11.7. The van der Waals surface area contributed by atoms with Gasteiger partial charge in [0.1, 0.15) is 11.7 Å². The molecule has 0 aromatic heterocycles. The van der Waals surface area contributed by atoms with Crippen molar-refractivity contribution < 1.29 is 14.3 Å². The van der Waals surface area contributed by atoms with Crippen molar-refractivity contribution >= 4 is 21.9 Å². The molecule has 0 amide bonds. The monoisotopic (exact) mass is 323 g/mol. The molecule has 0 spiro atoms. The predicted molar refractivity (Wildman–Crippen MR) is 72.8 cm³/mol. The van der Waals surface area contributed by atoms with E-state index >= 15 is 0 Å². The smallest absolute Gasteiger partial charge is 0.323 e. The minimum absolute atomic E-state index is 0.282. The fraction of sp³-hybridized carbons (Fsp3) is 0.429. The third-order valence-corrected chi connectivity index (χ3v) is 3.43. The highest BCUT2D eigenvalue weighted by Crippen LogP contribution is 2.34. The van der Waals surface area contributed by atoms with Crippen LogP contribution < -0.4 is 4.74 Å². The zero-order valence-corrected chi connectivity index (χ0v) is 12.2. The Morgan fingerprint density at radius 2 is 2.42 bits per heavy atom. The van der Waals surface area contributed by atoms with Crippen LogP contribution in [-0.4, -0.2) is 19.2 Å². The Morgan fingerprint density at radius 1 is 1.63 bits per heavy atom. The van der Waals surface area contributed by atoms with Crippen molar-refractivity contribution in [1.82, 2.24) is 0 Å². The van der Waals surface area contributed by atoms with Gasteiger partial charge in [-0.1, -0.05) is 15.9 Å². The molecule has 0 radical (unpaired) electrons. The molecule has 0 N–H and O–H groups in total. The van der Waals surface area contributed by atoms with E-state index in [0.717, 1.165) is 27.8 Å². The summed E-state index contributed by atoms with van der Waals surface area (Å²) in [5.74, 6) is -0.452. The van der Waals surface area contributed by atoms with Crippen LogP contribution in [0, 0.1) is 17.2 Å². The average molecular weight is 324 g/mol. The van der Waals surface area contributed by atoms with Crippen LogP contribution in [0.5, 0.6) is 5.75 Å². The molecule has 0 bridgehead atoms. The first-order valence-electron chi connectivity index (χ1n) is 6.16. The number of carbonyl (C=O) groups excluding carboxylic acids is 1. The van der Waals surface area contributed by atoms with E-state index in [-0.39, 0.29) is 6.61 Å². The number of carbonyl (C=O) groups is 1. The molecule has 1 aromatic carbocycles. The summed E-state index contributed by atoms with van der Waals surface area (Å²) < 4.78 is 11.4. The van der Waals surface area contributed by atoms with Gasteiger partial charge in [-0.2, -0.15) is 5.26 Å². The molecule has 1 aliphatic rings. The van der Waals surface area contributed by atoms with Crippen LogP contribution in [0.1, 0.15) is 18.1 Å². The van der Waals surface area contributed by atoms with Gasteiger partial charge >= 0.3 is 5.97 Å². The highest BCUT2D eigenvalue weighted by molar-refractivity contribution is 9.10. The molecule has 2 rings (SSSR count). The second kappa shape index (κ2) is 6.07. The van der Waals surface area contributed by atoms with Crippen molar-refractivity contribution in [3.8, 4) is 11.8 Å². The van der Waals surface area contributed by atoms with E-state index < -0.39 is 11.9 Å². The first-order valence-corrected chi connectivity index (χ1v) is 6.95. The lowest BCUT2D eigenvalue weighted by atomic mass is 9.98. The summed E-state index contributed by atoms with van der Waals surface area (Å²) in [5, 5.41) is 9.10. The Morgan fingerprint density at radius 3 is 3.11 bits per heavy atom. The lowest BCUT2D eigenvalue weighted by Crippen LogP contribution is -2.18. The summed E-state index contributed by atoms with van der Waals surface area (Å²) in [6.45, 7) is 2.66. The Bertz CT molecular complexity index is 536. The summed E-state index contributed by atoms with van der Waals surface area (Å²) in [4.78, 5) is 11.7. The molecule has 1 aromatic rings. The summed E-state index contributed by atoms with van der Waals surface area (Å²) in [6, 6.07) is 5.91. The molecule has 0 aliphatic carbocycles. The van der Waals surface area contributed by atoms with Gasteiger partial charge in [-0.05, 0) is 30.2 Å². The summed E-state index contributed by atoms with van der Waals surface area (Å²) in [7, 11) is 0. The number of ether oxygens (including phenoxy) is 2. The lowest BCUT2D eigenvalue weighted by Gasteiger charge is -2.12. The van der Waals surface area contributed by atoms with Gasteiger partial charge in [0.15, 0.2) is 0 Å². The number of fused-ring (bicyclic) bond motifs is 1. The van der Waals surface area contributed by atoms with Gasteiger partial charge in [0.05, 0.1) is 19.3 Å². The van der Waals surface area contributed by atoms with E-state index in [4.69, 9.17) is 14.7 Å². The number of halogens is 1. The fourth-order valence-electron chi connectivity index (χ4n) is 2.14. The Labute approximate surface area is 120 Å². The molecule has 0 saturated carbocycles. The molecular formula is C14H14BrNO3. The molecule has 1 aliphatic heterocycles. The highest BCUT2D eigenvalue weighted by atomic mass is 79.9. The van der Waals surface area contributed by atoms with Crippen LogP contribution in [0.15, 0.2) is 16.6 Å². The van der Waals surface area contributed by atoms with Gasteiger partial charge < -0.3 is 9.47 Å². The van der Waals surface area contributed by atoms with E-state index in [1.165, 1.54) is 0 Å². The van der Waals surface area contributed by atoms with Crippen molar-refractivity contribution in [3.05, 3.63) is 27.7 Å². The maximum Gasteiger partial charge on any atom is 0.323 e. The molecule has 4 nitrogen and oxygen atoms in total. The van der Waals surface area contributed by atoms with Crippen LogP contribution >= 0.6 is 15.9 Å². The molecule has 1 heterocycles. The van der Waals surface area contributed by atoms with Crippen LogP contribution in [0.4, 0.5) is 0 Å². The highest BCUT2D eigenvalue weighted by Gasteiger charge is 2.24. The number of hydrogen-bond donors (Lipinski definition) is 0. The average Bonchev–Trinajstić information content (AvgIpc) is 2.83. The number of esters is 1. The minimum Gasteiger partial charge on any atom is -0.493 e. The summed E-state index contributed by atoms with van der Waals surface area (Å²) >= 11 is 3.44. The van der Waals surface area contributed by atoms with E-state index in [2.05, 4.69) is 15.9 Å². The van der Waals surface area contributed by atoms with E-state index in [9.17, 15) is 4.79 Å². The van der Waals surface area contributed by atoms with Gasteiger partial charge in [0.2, 0.25) is 0 Å². The van der Waals surface area contributed by atoms with Crippen LogP contribution in [-0.2, 0) is 22.4 Å². The molecule has 0 fully saturated rings. The number of benzene rings is 1. The number of hydrogen-bond acceptors (Lipinski definition) is 4. The molecule has 0 saturated heterocycles. The summed E-state index contributed by atoms with van der Waals surface area (Å²) in [5.41, 5.74) is 1.99. The lowest BCUT2D eigenvalue weighted by molar-refractivity contribution is -0.145. The van der Waals surface area contributed by atoms with Gasteiger partial charge in [0.25, 0.3) is 0 Å². The standard InChI is InChI=1S/C14H14BrNO3/c1-2-18-14(17)11(8-16)5-10-7-12(15)6-9-3-4-19-13(9)10/h6-7,11H,2-5H2,1H3. The predicted octanol–water partition coefficient (Wildman–Crippen LogP) is 2.63. The van der Waals surface area contributed by atoms with Crippen LogP contribution in [0.25, 0.3) is 0 Å². The van der Waals surface area contributed by atoms with Crippen LogP contribution in [0.2, 0.25) is 0 Å². The zero-order chi connectivity index (χ0) is 13.8. The van der Waals surface area contributed by atoms with Crippen molar-refractivity contribution in [2.24, 2.45) is 5.92 Å². The largest absolute Gasteiger partial charge is 0.493 e. The molecule has 100 valence electrons. The summed E-state index contributed by atoms with van der Waals surface area (Å²) in [6.07, 6.45) is 1.18. The maximum atomic E-state index is 11.7.